The third-order valence-corrected chi connectivity index (χ3v) is 5.31. The second-order valence-electron chi connectivity index (χ2n) is 9.97. The topological polar surface area (TPSA) is 150 Å². The molecule has 0 unspecified atom stereocenters. The van der Waals surface area contributed by atoms with Gasteiger partial charge in [-0.3, -0.25) is 5.01 Å². The van der Waals surface area contributed by atoms with Gasteiger partial charge in [-0.2, -0.15) is 28.4 Å². The van der Waals surface area contributed by atoms with Gasteiger partial charge in [0.2, 0.25) is 5.82 Å². The van der Waals surface area contributed by atoms with Gasteiger partial charge < -0.3 is 19.3 Å². The van der Waals surface area contributed by atoms with Gasteiger partial charge >= 0.3 is 18.2 Å². The molecule has 0 bridgehead atoms. The molecule has 1 aliphatic carbocycles. The Morgan fingerprint density at radius 3 is 2.34 bits per heavy atom. The fourth-order valence-electron chi connectivity index (χ4n) is 3.79. The van der Waals surface area contributed by atoms with E-state index in [1.807, 2.05) is 24.7 Å². The summed E-state index contributed by atoms with van der Waals surface area (Å²) in [7, 11) is 4.02. The average molecular weight is 543 g/mol. The molecule has 2 aromatic heterocycles. The number of rotatable bonds is 7. The number of amides is 1. The number of esters is 1. The quantitative estimate of drug-likeness (QED) is 0.393. The Bertz CT molecular complexity index is 1150. The van der Waals surface area contributed by atoms with Gasteiger partial charge in [0.15, 0.2) is 17.0 Å². The number of carbonyl (C=O) groups excluding carboxylic acids is 1. The SMILES string of the molecule is CC(C)(C)OC(=O)C(F)(F)F.CN(C)CCCn1cnc2c(N(NC(=O)O)C3CCCC3)nc(C#N)nc21. The van der Waals surface area contributed by atoms with Gasteiger partial charge in [-0.1, -0.05) is 12.8 Å². The zero-order chi connectivity index (χ0) is 28.7. The molecule has 0 atom stereocenters. The number of carbonyl (C=O) groups is 2. The Labute approximate surface area is 218 Å². The first-order valence-corrected chi connectivity index (χ1v) is 12.0. The zero-order valence-electron chi connectivity index (χ0n) is 22.0. The van der Waals surface area contributed by atoms with Crippen LogP contribution in [0.4, 0.5) is 23.8 Å². The number of nitriles is 1. The third-order valence-electron chi connectivity index (χ3n) is 5.31. The lowest BCUT2D eigenvalue weighted by Crippen LogP contribution is -2.48. The molecule has 1 fully saturated rings. The molecule has 2 heterocycles. The number of ether oxygens (including phenoxy) is 1. The first-order valence-electron chi connectivity index (χ1n) is 12.0. The number of imidazole rings is 1. The Balaban J connectivity index is 0.000000391. The van der Waals surface area contributed by atoms with E-state index in [0.717, 1.165) is 38.6 Å². The minimum absolute atomic E-state index is 0.00189. The number of hydrogen-bond donors (Lipinski definition) is 2. The Kier molecular flexibility index (Phi) is 10.2. The van der Waals surface area contributed by atoms with E-state index < -0.39 is 23.8 Å². The number of alkyl halides is 3. The van der Waals surface area contributed by atoms with Crippen LogP contribution in [0.3, 0.4) is 0 Å². The minimum Gasteiger partial charge on any atom is -0.464 e. The Morgan fingerprint density at radius 1 is 1.24 bits per heavy atom. The van der Waals surface area contributed by atoms with Crippen LogP contribution in [0.15, 0.2) is 6.33 Å². The van der Waals surface area contributed by atoms with Crippen LogP contribution in [0, 0.1) is 11.3 Å². The monoisotopic (exact) mass is 542 g/mol. The summed E-state index contributed by atoms with van der Waals surface area (Å²) in [5.41, 5.74) is 2.40. The normalized spacial score (nSPS) is 14.1. The first kappa shape index (κ1) is 30.6. The summed E-state index contributed by atoms with van der Waals surface area (Å²) in [6.07, 6.45) is 0.285. The van der Waals surface area contributed by atoms with Crippen molar-refractivity contribution >= 4 is 29.0 Å². The van der Waals surface area contributed by atoms with Crippen LogP contribution in [-0.4, -0.2) is 80.0 Å². The number of nitrogens with one attached hydrogen (secondary N) is 1. The molecule has 15 heteroatoms. The van der Waals surface area contributed by atoms with Crippen LogP contribution in [-0.2, 0) is 16.1 Å². The summed E-state index contributed by atoms with van der Waals surface area (Å²) in [6.45, 7) is 5.73. The van der Waals surface area contributed by atoms with E-state index in [-0.39, 0.29) is 11.9 Å². The highest BCUT2D eigenvalue weighted by molar-refractivity contribution is 5.85. The van der Waals surface area contributed by atoms with Crippen molar-refractivity contribution in [1.29, 1.82) is 5.26 Å². The Morgan fingerprint density at radius 2 is 1.87 bits per heavy atom. The van der Waals surface area contributed by atoms with Crippen molar-refractivity contribution in [1.82, 2.24) is 29.8 Å². The maximum Gasteiger partial charge on any atom is 0.490 e. The molecule has 2 aromatic rings. The van der Waals surface area contributed by atoms with Crippen molar-refractivity contribution in [2.45, 2.75) is 77.2 Å². The molecule has 38 heavy (non-hydrogen) atoms. The maximum absolute atomic E-state index is 11.5. The summed E-state index contributed by atoms with van der Waals surface area (Å²) in [5.74, 6) is -1.80. The second kappa shape index (κ2) is 12.7. The van der Waals surface area contributed by atoms with Gasteiger partial charge in [0.1, 0.15) is 11.7 Å². The predicted octanol–water partition coefficient (Wildman–Crippen LogP) is 3.47. The predicted molar refractivity (Wildman–Crippen MR) is 131 cm³/mol. The summed E-state index contributed by atoms with van der Waals surface area (Å²) in [6, 6.07) is 1.97. The number of nitrogens with zero attached hydrogens (tertiary/aromatic N) is 7. The molecule has 0 saturated heterocycles. The van der Waals surface area contributed by atoms with E-state index in [2.05, 4.69) is 30.0 Å². The number of hydrazine groups is 1. The van der Waals surface area contributed by atoms with Crippen LogP contribution < -0.4 is 10.4 Å². The fraction of sp³-hybridized carbons (Fsp3) is 0.652. The minimum atomic E-state index is -4.90. The molecular formula is C23H33F3N8O4. The van der Waals surface area contributed by atoms with Gasteiger partial charge in [0.05, 0.1) is 12.4 Å². The second-order valence-corrected chi connectivity index (χ2v) is 9.97. The van der Waals surface area contributed by atoms with Gasteiger partial charge in [0.25, 0.3) is 0 Å². The van der Waals surface area contributed by atoms with E-state index in [9.17, 15) is 33.1 Å². The highest BCUT2D eigenvalue weighted by atomic mass is 19.4. The molecule has 0 aliphatic heterocycles. The third kappa shape index (κ3) is 9.02. The zero-order valence-corrected chi connectivity index (χ0v) is 22.0. The van der Waals surface area contributed by atoms with Crippen molar-refractivity contribution in [3.05, 3.63) is 12.2 Å². The van der Waals surface area contributed by atoms with Gasteiger partial charge in [0, 0.05) is 6.54 Å². The molecular weight excluding hydrogens is 509 g/mol. The molecule has 2 N–H and O–H groups in total. The molecule has 12 nitrogen and oxygen atoms in total. The lowest BCUT2D eigenvalue weighted by atomic mass is 10.2. The molecule has 210 valence electrons. The lowest BCUT2D eigenvalue weighted by molar-refractivity contribution is -0.210. The summed E-state index contributed by atoms with van der Waals surface area (Å²) >= 11 is 0. The number of anilines is 1. The lowest BCUT2D eigenvalue weighted by Gasteiger charge is -2.28. The van der Waals surface area contributed by atoms with Crippen molar-refractivity contribution in [3.63, 3.8) is 0 Å². The van der Waals surface area contributed by atoms with Crippen LogP contribution >= 0.6 is 0 Å². The molecule has 1 saturated carbocycles. The fourth-order valence-corrected chi connectivity index (χ4v) is 3.79. The average Bonchev–Trinajstić information content (AvgIpc) is 3.46. The molecule has 1 amide bonds. The molecule has 0 spiro atoms. The van der Waals surface area contributed by atoms with E-state index >= 15 is 0 Å². The van der Waals surface area contributed by atoms with E-state index in [1.54, 1.807) is 6.33 Å². The molecule has 0 radical (unpaired) electrons. The number of fused-ring (bicyclic) bond motifs is 1. The van der Waals surface area contributed by atoms with E-state index in [4.69, 9.17) is 0 Å². The number of hydrogen-bond acceptors (Lipinski definition) is 9. The van der Waals surface area contributed by atoms with Crippen molar-refractivity contribution in [2.75, 3.05) is 25.6 Å². The van der Waals surface area contributed by atoms with Crippen molar-refractivity contribution < 1.29 is 32.6 Å². The van der Waals surface area contributed by atoms with Crippen LogP contribution in [0.2, 0.25) is 0 Å². The van der Waals surface area contributed by atoms with Crippen LogP contribution in [0.25, 0.3) is 11.2 Å². The summed E-state index contributed by atoms with van der Waals surface area (Å²) in [4.78, 5) is 36.6. The largest absolute Gasteiger partial charge is 0.490 e. The maximum atomic E-state index is 11.5. The van der Waals surface area contributed by atoms with E-state index in [1.165, 1.54) is 25.8 Å². The smallest absolute Gasteiger partial charge is 0.464 e. The number of aryl methyl sites for hydroxylation is 1. The van der Waals surface area contributed by atoms with Crippen molar-refractivity contribution in [2.24, 2.45) is 0 Å². The number of aromatic nitrogens is 4. The Hall–Kier alpha value is -3.67. The highest BCUT2D eigenvalue weighted by Crippen LogP contribution is 2.30. The number of halogens is 3. The number of carboxylic acid groups (broad SMARTS) is 1. The molecule has 0 aromatic carbocycles. The van der Waals surface area contributed by atoms with Crippen LogP contribution in [0.1, 0.15) is 58.7 Å². The molecule has 3 rings (SSSR count). The van der Waals surface area contributed by atoms with Gasteiger partial charge in [-0.05, 0) is 60.7 Å². The highest BCUT2D eigenvalue weighted by Gasteiger charge is 2.42. The van der Waals surface area contributed by atoms with Crippen LogP contribution in [0.5, 0.6) is 0 Å². The van der Waals surface area contributed by atoms with Gasteiger partial charge in [-0.15, -0.1) is 0 Å². The summed E-state index contributed by atoms with van der Waals surface area (Å²) in [5, 5.41) is 20.2. The molecule has 1 aliphatic rings. The first-order chi connectivity index (χ1) is 17.6. The van der Waals surface area contributed by atoms with Gasteiger partial charge in [-0.25, -0.2) is 20.0 Å². The van der Waals surface area contributed by atoms with Crippen molar-refractivity contribution in [3.8, 4) is 6.07 Å². The summed E-state index contributed by atoms with van der Waals surface area (Å²) < 4.78 is 40.4. The standard InChI is InChI=1S/C17H24N8O2.C6H9F3O2/c1-23(2)8-5-9-24-11-19-14-15(24)20-13(10-18)21-16(14)25(22-17(26)27)12-6-3-4-7-12;1-5(2,3)11-4(10)6(7,8)9/h11-12,22H,3-9H2,1-2H3,(H,26,27);1-3H3. The van der Waals surface area contributed by atoms with E-state index in [0.29, 0.717) is 23.5 Å².